The van der Waals surface area contributed by atoms with Crippen molar-refractivity contribution in [3.05, 3.63) is 36.5 Å². The zero-order valence-corrected chi connectivity index (χ0v) is 60.9. The largest absolute Gasteiger partial charge is 0.756 e. The molecule has 0 spiro atoms. The number of aliphatic hydroxyl groups excluding tert-OH is 1. The van der Waals surface area contributed by atoms with E-state index in [4.69, 9.17) is 9.05 Å². The average Bonchev–Trinajstić information content (AvgIpc) is 3.64. The molecule has 9 heteroatoms. The lowest BCUT2D eigenvalue weighted by Crippen LogP contribution is -2.46. The average molecular weight is 1260 g/mol. The topological polar surface area (TPSA) is 108 Å². The minimum absolute atomic E-state index is 0.0146. The third-order valence-corrected chi connectivity index (χ3v) is 19.3. The Hall–Kier alpha value is -1.28. The fraction of sp³-hybridized carbons (Fsp3) is 0.911. The molecule has 3 unspecified atom stereocenters. The third-order valence-electron chi connectivity index (χ3n) is 18.4. The van der Waals surface area contributed by atoms with Gasteiger partial charge in [0.15, 0.2) is 0 Å². The minimum atomic E-state index is -4.58. The van der Waals surface area contributed by atoms with Crippen LogP contribution in [0.4, 0.5) is 0 Å². The Bertz CT molecular complexity index is 1530. The normalized spacial score (nSPS) is 13.7. The van der Waals surface area contributed by atoms with E-state index in [1.54, 1.807) is 0 Å². The molecule has 1 amide bonds. The summed E-state index contributed by atoms with van der Waals surface area (Å²) < 4.78 is 23.6. The molecule has 0 radical (unpaired) electrons. The first-order chi connectivity index (χ1) is 43.0. The van der Waals surface area contributed by atoms with Crippen molar-refractivity contribution in [1.29, 1.82) is 0 Å². The van der Waals surface area contributed by atoms with Crippen LogP contribution in [0.15, 0.2) is 36.5 Å². The quantitative estimate of drug-likeness (QED) is 0.0272. The number of phosphoric ester groups is 1. The smallest absolute Gasteiger partial charge is 0.268 e. The molecule has 0 aliphatic heterocycles. The van der Waals surface area contributed by atoms with E-state index in [1.807, 2.05) is 21.1 Å². The second kappa shape index (κ2) is 70.0. The van der Waals surface area contributed by atoms with Crippen molar-refractivity contribution < 1.29 is 32.9 Å². The lowest BCUT2D eigenvalue weighted by Gasteiger charge is -2.30. The molecule has 0 bridgehead atoms. The van der Waals surface area contributed by atoms with Gasteiger partial charge in [-0.25, -0.2) is 0 Å². The summed E-state index contributed by atoms with van der Waals surface area (Å²) in [5, 5.41) is 14.1. The fourth-order valence-electron chi connectivity index (χ4n) is 12.3. The van der Waals surface area contributed by atoms with Gasteiger partial charge >= 0.3 is 0 Å². The lowest BCUT2D eigenvalue weighted by atomic mass is 10.0. The molecule has 0 aliphatic carbocycles. The molecule has 2 N–H and O–H groups in total. The summed E-state index contributed by atoms with van der Waals surface area (Å²) in [6.07, 6.45) is 94.0. The Kier molecular flexibility index (Phi) is 69.0. The number of carbonyl (C=O) groups is 1. The molecule has 8 nitrogen and oxygen atoms in total. The fourth-order valence-corrected chi connectivity index (χ4v) is 13.0. The highest BCUT2D eigenvalue weighted by Crippen LogP contribution is 2.38. The van der Waals surface area contributed by atoms with Crippen molar-refractivity contribution in [3.8, 4) is 0 Å². The number of rotatable bonds is 74. The number of hydrogen-bond acceptors (Lipinski definition) is 6. The number of aliphatic hydroxyl groups is 1. The van der Waals surface area contributed by atoms with E-state index in [2.05, 4.69) is 55.6 Å². The molecule has 0 fully saturated rings. The van der Waals surface area contributed by atoms with Gasteiger partial charge in [0.05, 0.1) is 39.9 Å². The molecule has 0 saturated heterocycles. The van der Waals surface area contributed by atoms with E-state index in [9.17, 15) is 19.4 Å². The molecule has 3 atom stereocenters. The molecule has 0 rings (SSSR count). The highest BCUT2D eigenvalue weighted by atomic mass is 31.2. The second-order valence-corrected chi connectivity index (χ2v) is 29.8. The number of unbranched alkanes of at least 4 members (excludes halogenated alkanes) is 55. The minimum Gasteiger partial charge on any atom is -0.756 e. The van der Waals surface area contributed by atoms with Gasteiger partial charge in [-0.15, -0.1) is 0 Å². The molecule has 88 heavy (non-hydrogen) atoms. The summed E-state index contributed by atoms with van der Waals surface area (Å²) in [5.41, 5.74) is 0. The number of nitrogens with one attached hydrogen (secondary N) is 1. The summed E-state index contributed by atoms with van der Waals surface area (Å²) in [6, 6.07) is -0.801. The Balaban J connectivity index is 3.93. The van der Waals surface area contributed by atoms with Gasteiger partial charge in [0, 0.05) is 6.42 Å². The highest BCUT2D eigenvalue weighted by Gasteiger charge is 2.24. The Labute approximate surface area is 550 Å². The predicted octanol–water partition coefficient (Wildman–Crippen LogP) is 24.9. The molecule has 0 saturated carbocycles. The van der Waals surface area contributed by atoms with Crippen LogP contribution in [0.3, 0.4) is 0 Å². The SMILES string of the molecule is CCCCCCC/C=C\C/C=C\C/C=C\CCCCCCCCCCCCCCCCCCCCCCC(=O)NC(COP(=O)([O-])OCC[N+](C)(C)C)C(O)CCCCCCCCCCCCCCCCCCCCCCCCCCCCCCCCC. The number of likely N-dealkylation sites (N-methyl/N-ethyl adjacent to an activating group) is 1. The second-order valence-electron chi connectivity index (χ2n) is 28.4. The summed E-state index contributed by atoms with van der Waals surface area (Å²) >= 11 is 0. The number of carbonyl (C=O) groups excluding carboxylic acids is 1. The first-order valence-corrected chi connectivity index (χ1v) is 40.8. The predicted molar refractivity (Wildman–Crippen MR) is 385 cm³/mol. The highest BCUT2D eigenvalue weighted by molar-refractivity contribution is 7.45. The first kappa shape index (κ1) is 86.7. The van der Waals surface area contributed by atoms with Gasteiger partial charge in [0.1, 0.15) is 13.2 Å². The molecular weight excluding hydrogens is 1100 g/mol. The molecule has 0 aromatic carbocycles. The lowest BCUT2D eigenvalue weighted by molar-refractivity contribution is -0.870. The zero-order valence-electron chi connectivity index (χ0n) is 60.0. The van der Waals surface area contributed by atoms with E-state index in [-0.39, 0.29) is 19.1 Å². The van der Waals surface area contributed by atoms with Crippen LogP contribution in [0.1, 0.15) is 412 Å². The Morgan fingerprint density at radius 2 is 0.659 bits per heavy atom. The number of hydrogen-bond donors (Lipinski definition) is 2. The van der Waals surface area contributed by atoms with Gasteiger partial charge in [-0.05, 0) is 51.4 Å². The van der Waals surface area contributed by atoms with Crippen LogP contribution in [-0.4, -0.2) is 68.5 Å². The maximum absolute atomic E-state index is 13.1. The van der Waals surface area contributed by atoms with Crippen molar-refractivity contribution in [3.63, 3.8) is 0 Å². The van der Waals surface area contributed by atoms with Crippen LogP contribution in [0.2, 0.25) is 0 Å². The van der Waals surface area contributed by atoms with Crippen LogP contribution < -0.4 is 10.2 Å². The molecule has 0 aromatic rings. The van der Waals surface area contributed by atoms with Crippen LogP contribution in [-0.2, 0) is 18.4 Å². The van der Waals surface area contributed by atoms with Gasteiger partial charge in [-0.2, -0.15) is 0 Å². The molecule has 0 aromatic heterocycles. The number of phosphoric acid groups is 1. The van der Waals surface area contributed by atoms with Crippen molar-refractivity contribution in [1.82, 2.24) is 5.32 Å². The van der Waals surface area contributed by atoms with E-state index in [0.717, 1.165) is 51.4 Å². The summed E-state index contributed by atoms with van der Waals surface area (Å²) in [4.78, 5) is 25.7. The van der Waals surface area contributed by atoms with Crippen LogP contribution in [0.5, 0.6) is 0 Å². The number of nitrogens with zero attached hydrogens (tertiary/aromatic N) is 1. The van der Waals surface area contributed by atoms with E-state index >= 15 is 0 Å². The van der Waals surface area contributed by atoms with E-state index < -0.39 is 20.0 Å². The van der Waals surface area contributed by atoms with Crippen molar-refractivity contribution in [2.75, 3.05) is 40.9 Å². The van der Waals surface area contributed by atoms with Crippen LogP contribution in [0, 0.1) is 0 Å². The van der Waals surface area contributed by atoms with Gasteiger partial charge in [0.25, 0.3) is 7.82 Å². The standard InChI is InChI=1S/C79H155N2O6P/c1-6-8-10-12-14-16-18-20-22-24-26-28-30-32-34-36-38-39-40-41-43-45-47-49-51-53-55-57-59-61-63-65-67-69-71-73-79(83)80-77(76-87-88(84,85)86-75-74-81(3,4)5)78(82)72-70-68-66-64-62-60-58-56-54-52-50-48-46-44-42-37-35-33-31-29-27-25-23-21-19-17-15-13-11-9-7-2/h18,20,24,26,30,32,77-78,82H,6-17,19,21-23,25,27-29,31,33-76H2,1-5H3,(H-,80,83,84,85)/b20-18-,26-24-,32-30-. The monoisotopic (exact) mass is 1260 g/mol. The Morgan fingerprint density at radius 3 is 0.955 bits per heavy atom. The summed E-state index contributed by atoms with van der Waals surface area (Å²) in [5.74, 6) is -0.156. The van der Waals surface area contributed by atoms with Crippen molar-refractivity contribution in [2.24, 2.45) is 0 Å². The Morgan fingerprint density at radius 1 is 0.398 bits per heavy atom. The number of amides is 1. The van der Waals surface area contributed by atoms with Gasteiger partial charge in [0.2, 0.25) is 5.91 Å². The number of allylic oxidation sites excluding steroid dienone is 6. The molecule has 0 aliphatic rings. The van der Waals surface area contributed by atoms with E-state index in [1.165, 1.54) is 334 Å². The molecular formula is C79H155N2O6P. The summed E-state index contributed by atoms with van der Waals surface area (Å²) in [7, 11) is 1.33. The van der Waals surface area contributed by atoms with Crippen molar-refractivity contribution >= 4 is 13.7 Å². The van der Waals surface area contributed by atoms with Crippen LogP contribution >= 0.6 is 7.82 Å². The van der Waals surface area contributed by atoms with Crippen molar-refractivity contribution in [2.45, 2.75) is 424 Å². The summed E-state index contributed by atoms with van der Waals surface area (Å²) in [6.45, 7) is 4.78. The number of quaternary nitrogens is 1. The van der Waals surface area contributed by atoms with Gasteiger partial charge in [-0.1, -0.05) is 391 Å². The van der Waals surface area contributed by atoms with Gasteiger partial charge < -0.3 is 28.8 Å². The maximum atomic E-state index is 13.1. The maximum Gasteiger partial charge on any atom is 0.268 e. The molecule has 0 heterocycles. The molecule has 522 valence electrons. The van der Waals surface area contributed by atoms with Gasteiger partial charge in [-0.3, -0.25) is 9.36 Å². The van der Waals surface area contributed by atoms with E-state index in [0.29, 0.717) is 23.9 Å². The third kappa shape index (κ3) is 72.2. The van der Waals surface area contributed by atoms with Crippen LogP contribution in [0.25, 0.3) is 0 Å². The zero-order chi connectivity index (χ0) is 64.1. The first-order valence-electron chi connectivity index (χ1n) is 39.3.